The summed E-state index contributed by atoms with van der Waals surface area (Å²) in [5, 5.41) is 9.54. The van der Waals surface area contributed by atoms with Crippen LogP contribution in [-0.2, 0) is 89.3 Å². The van der Waals surface area contributed by atoms with Crippen molar-refractivity contribution in [3.63, 3.8) is 0 Å². The number of hydrogen-bond donors (Lipinski definition) is 8. The number of Topliss-reactive ketones (excluding diaryl/α,β-unsaturated/α-hetero) is 2. The molecule has 252 valence electrons. The van der Waals surface area contributed by atoms with Crippen molar-refractivity contribution in [3.05, 3.63) is 25.7 Å². The van der Waals surface area contributed by atoms with Gasteiger partial charge >= 0.3 is 0 Å². The van der Waals surface area contributed by atoms with E-state index in [0.717, 1.165) is 38.1 Å². The minimum absolute atomic E-state index is 0. The van der Waals surface area contributed by atoms with E-state index in [9.17, 15) is 14.4 Å². The van der Waals surface area contributed by atoms with Crippen LogP contribution in [0.2, 0.25) is 0 Å². The van der Waals surface area contributed by atoms with Gasteiger partial charge in [0.05, 0.1) is 32.5 Å². The summed E-state index contributed by atoms with van der Waals surface area (Å²) in [4.78, 5) is 32.7. The number of thiol groups is 4. The summed E-state index contributed by atoms with van der Waals surface area (Å²) >= 11 is 16.1. The van der Waals surface area contributed by atoms with Crippen molar-refractivity contribution in [2.45, 2.75) is 52.0 Å². The molecule has 43 heavy (non-hydrogen) atoms. The van der Waals surface area contributed by atoms with Gasteiger partial charge in [-0.25, -0.2) is 50.5 Å². The number of hydrogen-bond acceptors (Lipinski definition) is 12. The second-order valence-corrected chi connectivity index (χ2v) is 10.1. The Kier molecular flexibility index (Phi) is 61.8. The van der Waals surface area contributed by atoms with Crippen LogP contribution >= 0.6 is 50.5 Å². The first-order valence-corrected chi connectivity index (χ1v) is 16.6. The van der Waals surface area contributed by atoms with E-state index in [-0.39, 0.29) is 88.9 Å². The van der Waals surface area contributed by atoms with Gasteiger partial charge in [-0.2, -0.15) is 0 Å². The van der Waals surface area contributed by atoms with Crippen molar-refractivity contribution in [2.24, 2.45) is 5.73 Å². The minimum atomic E-state index is -0.196. The van der Waals surface area contributed by atoms with Crippen LogP contribution in [0.1, 0.15) is 46.0 Å². The first-order valence-electron chi connectivity index (χ1n) is 14.1. The molecule has 0 aromatic rings. The van der Waals surface area contributed by atoms with E-state index in [1.807, 2.05) is 19.3 Å². The molecule has 2 radical (unpaired) electrons. The number of carbonyl (C=O) groups excluding carboxylic acids is 3. The van der Waals surface area contributed by atoms with E-state index >= 15 is 0 Å². The van der Waals surface area contributed by atoms with Crippen LogP contribution in [0, 0.1) is 25.7 Å². The standard InChI is InChI=1S/C18H38N4O3S2.2C5H9OS.2Y/c19-6-11-24-13-14-25-12-10-22-18(23)17(21-9-4-16-27)5-1-2-7-20-8-3-15-26;2*1-5(6)3-2-4-7;;/h3-4,17,20-21,26-27H,1-2,5-16,19H2,(H,22,23);2*2,7H,3-4H2,1H3;;/q-2;2*-1;;. The minimum Gasteiger partial charge on any atom is -0.378 e. The van der Waals surface area contributed by atoms with Gasteiger partial charge in [0, 0.05) is 78.5 Å². The Morgan fingerprint density at radius 2 is 1.23 bits per heavy atom. The zero-order valence-electron chi connectivity index (χ0n) is 26.2. The summed E-state index contributed by atoms with van der Waals surface area (Å²) in [7, 11) is 0. The Morgan fingerprint density at radius 3 is 1.70 bits per heavy atom. The average Bonchev–Trinajstić information content (AvgIpc) is 2.95. The van der Waals surface area contributed by atoms with E-state index < -0.39 is 0 Å². The Bertz CT molecular complexity index is 575. The number of ketones is 2. The largest absolute Gasteiger partial charge is 0.378 e. The summed E-state index contributed by atoms with van der Waals surface area (Å²) in [5.74, 6) is 3.28. The molecule has 0 aromatic heterocycles. The summed E-state index contributed by atoms with van der Waals surface area (Å²) < 4.78 is 10.6. The number of nitrogens with one attached hydrogen (secondary N) is 3. The number of nitrogens with two attached hydrogens (primary N) is 1. The van der Waals surface area contributed by atoms with Crippen molar-refractivity contribution in [2.75, 3.05) is 82.2 Å². The SMILES string of the molecule is CC(=O)C[CH-]CS.CC(=O)C[CH-]CS.NCCOCCOCCNC(=O)C(CCCCNC[CH-]CS)NC[CH-]CS.[Y].[Y]. The first-order chi connectivity index (χ1) is 19.8. The molecule has 0 aliphatic carbocycles. The maximum atomic E-state index is 12.4. The van der Waals surface area contributed by atoms with Gasteiger partial charge in [-0.1, -0.05) is 6.42 Å². The molecule has 0 saturated heterocycles. The number of amides is 1. The Labute approximate surface area is 335 Å². The van der Waals surface area contributed by atoms with Gasteiger partial charge in [-0.3, -0.25) is 4.79 Å². The molecule has 0 aliphatic heterocycles. The molecule has 0 bridgehead atoms. The summed E-state index contributed by atoms with van der Waals surface area (Å²) in [6.45, 7) is 8.68. The van der Waals surface area contributed by atoms with Gasteiger partial charge in [-0.05, 0) is 33.2 Å². The monoisotopic (exact) mass is 834 g/mol. The van der Waals surface area contributed by atoms with E-state index in [4.69, 9.17) is 15.2 Å². The van der Waals surface area contributed by atoms with E-state index in [0.29, 0.717) is 76.2 Å². The zero-order chi connectivity index (χ0) is 31.4. The second kappa shape index (κ2) is 48.6. The summed E-state index contributed by atoms with van der Waals surface area (Å²) in [6, 6.07) is -0.196. The van der Waals surface area contributed by atoms with Gasteiger partial charge in [-0.15, -0.1) is 48.9 Å². The van der Waals surface area contributed by atoms with Crippen molar-refractivity contribution in [1.82, 2.24) is 16.0 Å². The molecule has 15 heteroatoms. The molecule has 5 N–H and O–H groups in total. The maximum Gasteiger partial charge on any atom is 0.237 e. The predicted octanol–water partition coefficient (Wildman–Crippen LogP) is 2.27. The molecule has 0 fully saturated rings. The summed E-state index contributed by atoms with van der Waals surface area (Å²) in [5.41, 5.74) is 5.33. The maximum absolute atomic E-state index is 12.4. The van der Waals surface area contributed by atoms with Crippen LogP contribution in [0.25, 0.3) is 0 Å². The third-order valence-corrected chi connectivity index (χ3v) is 5.80. The number of unbranched alkanes of at least 4 members (excludes halogenated alkanes) is 1. The quantitative estimate of drug-likeness (QED) is 0.0360. The zero-order valence-corrected chi connectivity index (χ0v) is 35.4. The first kappa shape index (κ1) is 54.7. The molecule has 0 aromatic carbocycles. The van der Waals surface area contributed by atoms with Gasteiger partial charge in [0.15, 0.2) is 0 Å². The molecule has 0 rings (SSSR count). The Hall–Kier alpha value is 2.22. The molecule has 0 heterocycles. The smallest absolute Gasteiger partial charge is 0.237 e. The van der Waals surface area contributed by atoms with Gasteiger partial charge < -0.3 is 66.4 Å². The van der Waals surface area contributed by atoms with Crippen LogP contribution < -0.4 is 21.7 Å². The molecule has 1 amide bonds. The molecule has 0 spiro atoms. The topological polar surface area (TPSA) is 132 Å². The van der Waals surface area contributed by atoms with Crippen molar-refractivity contribution in [1.29, 1.82) is 0 Å². The third kappa shape index (κ3) is 54.0. The molecular formula is C28H56N4O5S4Y2-4. The van der Waals surface area contributed by atoms with Crippen LogP contribution in [-0.4, -0.2) is 106 Å². The van der Waals surface area contributed by atoms with Crippen molar-refractivity contribution >= 4 is 68.0 Å². The van der Waals surface area contributed by atoms with Crippen molar-refractivity contribution in [3.8, 4) is 0 Å². The Balaban J connectivity index is -0.000000248. The van der Waals surface area contributed by atoms with E-state index in [2.05, 4.69) is 72.9 Å². The van der Waals surface area contributed by atoms with Gasteiger partial charge in [0.2, 0.25) is 5.91 Å². The molecule has 1 atom stereocenters. The molecule has 1 unspecified atom stereocenters. The molecule has 0 aliphatic rings. The van der Waals surface area contributed by atoms with Crippen LogP contribution in [0.15, 0.2) is 0 Å². The third-order valence-electron chi connectivity index (χ3n) is 4.77. The van der Waals surface area contributed by atoms with Gasteiger partial charge in [0.25, 0.3) is 0 Å². The van der Waals surface area contributed by atoms with E-state index in [1.165, 1.54) is 0 Å². The fourth-order valence-corrected chi connectivity index (χ4v) is 3.31. The normalized spacial score (nSPS) is 10.6. The fourth-order valence-electron chi connectivity index (χ4n) is 2.79. The number of rotatable bonds is 27. The van der Waals surface area contributed by atoms with Crippen molar-refractivity contribution < 1.29 is 89.3 Å². The average molecular weight is 835 g/mol. The second-order valence-electron chi connectivity index (χ2n) is 8.66. The number of carbonyl (C=O) groups is 3. The van der Waals surface area contributed by atoms with Crippen LogP contribution in [0.5, 0.6) is 0 Å². The molecule has 0 saturated carbocycles. The van der Waals surface area contributed by atoms with Crippen LogP contribution in [0.3, 0.4) is 0 Å². The predicted molar refractivity (Wildman–Crippen MR) is 185 cm³/mol. The summed E-state index contributed by atoms with van der Waals surface area (Å²) in [6.07, 6.45) is 11.7. The Morgan fingerprint density at radius 1 is 0.721 bits per heavy atom. The van der Waals surface area contributed by atoms with Crippen LogP contribution in [0.4, 0.5) is 0 Å². The van der Waals surface area contributed by atoms with Gasteiger partial charge in [0.1, 0.15) is 11.6 Å². The van der Waals surface area contributed by atoms with E-state index in [1.54, 1.807) is 13.8 Å². The molecular weight excluding hydrogens is 778 g/mol. The number of ether oxygens (including phenoxy) is 2. The molecule has 9 nitrogen and oxygen atoms in total. The fraction of sp³-hybridized carbons (Fsp3) is 0.750.